The molecular formula is C17H23ClF3N7O2. The predicted octanol–water partition coefficient (Wildman–Crippen LogP) is 0.576. The van der Waals surface area contributed by atoms with Crippen molar-refractivity contribution in [1.82, 2.24) is 24.0 Å². The van der Waals surface area contributed by atoms with E-state index >= 15 is 0 Å². The molecule has 166 valence electrons. The number of anilines is 1. The van der Waals surface area contributed by atoms with Gasteiger partial charge in [0, 0.05) is 63.6 Å². The van der Waals surface area contributed by atoms with Crippen LogP contribution >= 0.6 is 12.4 Å². The lowest BCUT2D eigenvalue weighted by atomic mass is 10.3. The number of carbonyl (C=O) groups excluding carboxylic acids is 1. The van der Waals surface area contributed by atoms with Gasteiger partial charge in [-0.2, -0.15) is 13.2 Å². The van der Waals surface area contributed by atoms with Gasteiger partial charge >= 0.3 is 11.9 Å². The minimum atomic E-state index is -4.48. The Balaban J connectivity index is 0.00000320. The number of hydrogen-bond acceptors (Lipinski definition) is 6. The number of hydrogen-bond donors (Lipinski definition) is 1. The molecule has 2 N–H and O–H groups in total. The molecule has 3 rings (SSSR count). The van der Waals surface area contributed by atoms with Crippen molar-refractivity contribution in [3.63, 3.8) is 0 Å². The Morgan fingerprint density at radius 2 is 1.70 bits per heavy atom. The quantitative estimate of drug-likeness (QED) is 0.716. The molecule has 2 aromatic rings. The zero-order chi connectivity index (χ0) is 21.2. The molecule has 13 heteroatoms. The summed E-state index contributed by atoms with van der Waals surface area (Å²) >= 11 is 0. The van der Waals surface area contributed by atoms with Crippen LogP contribution in [0.3, 0.4) is 0 Å². The third kappa shape index (κ3) is 5.51. The van der Waals surface area contributed by atoms with Gasteiger partial charge in [0.2, 0.25) is 11.9 Å². The van der Waals surface area contributed by atoms with Gasteiger partial charge in [-0.05, 0) is 6.92 Å². The van der Waals surface area contributed by atoms with E-state index in [0.717, 1.165) is 12.4 Å². The van der Waals surface area contributed by atoms with Gasteiger partial charge in [-0.25, -0.2) is 14.8 Å². The van der Waals surface area contributed by atoms with Gasteiger partial charge in [-0.1, -0.05) is 0 Å². The number of nitrogens with zero attached hydrogens (tertiary/aromatic N) is 6. The van der Waals surface area contributed by atoms with Crippen LogP contribution in [-0.4, -0.2) is 62.1 Å². The van der Waals surface area contributed by atoms with E-state index in [0.29, 0.717) is 32.7 Å². The average molecular weight is 450 g/mol. The monoisotopic (exact) mass is 449 g/mol. The number of halogens is 4. The zero-order valence-corrected chi connectivity index (χ0v) is 17.1. The SMILES string of the molecule is CC(N)Cn1ccn(CC(=O)N2CCN(c3ncc(C(F)(F)F)cn3)CC2)c1=O.Cl. The molecule has 9 nitrogen and oxygen atoms in total. The van der Waals surface area contributed by atoms with Gasteiger partial charge in [0.1, 0.15) is 6.54 Å². The van der Waals surface area contributed by atoms with Crippen LogP contribution in [0.1, 0.15) is 12.5 Å². The summed E-state index contributed by atoms with van der Waals surface area (Å²) in [5, 5.41) is 0. The normalized spacial score (nSPS) is 15.6. The molecule has 1 atom stereocenters. The summed E-state index contributed by atoms with van der Waals surface area (Å²) in [6.45, 7) is 3.56. The molecule has 1 aliphatic rings. The minimum absolute atomic E-state index is 0. The first-order valence-electron chi connectivity index (χ1n) is 9.08. The Bertz CT molecular complexity index is 903. The summed E-state index contributed by atoms with van der Waals surface area (Å²) in [6.07, 6.45) is 0.162. The van der Waals surface area contributed by atoms with E-state index in [1.54, 1.807) is 29.1 Å². The number of imidazole rings is 1. The van der Waals surface area contributed by atoms with E-state index in [4.69, 9.17) is 5.73 Å². The summed E-state index contributed by atoms with van der Waals surface area (Å²) in [6, 6.07) is -0.181. The van der Waals surface area contributed by atoms with Crippen LogP contribution in [0, 0.1) is 0 Å². The van der Waals surface area contributed by atoms with Crippen molar-refractivity contribution in [2.24, 2.45) is 5.73 Å². The summed E-state index contributed by atoms with van der Waals surface area (Å²) in [7, 11) is 0. The second-order valence-corrected chi connectivity index (χ2v) is 6.98. The molecule has 2 aromatic heterocycles. The number of rotatable bonds is 5. The number of alkyl halides is 3. The molecule has 1 saturated heterocycles. The summed E-state index contributed by atoms with van der Waals surface area (Å²) in [4.78, 5) is 35.6. The molecule has 1 amide bonds. The molecule has 0 radical (unpaired) electrons. The maximum absolute atomic E-state index is 12.6. The molecule has 1 unspecified atom stereocenters. The Morgan fingerprint density at radius 3 is 2.23 bits per heavy atom. The largest absolute Gasteiger partial charge is 0.419 e. The van der Waals surface area contributed by atoms with Gasteiger partial charge in [0.15, 0.2) is 0 Å². The third-order valence-corrected chi connectivity index (χ3v) is 4.59. The Labute approximate surface area is 176 Å². The van der Waals surface area contributed by atoms with Crippen molar-refractivity contribution in [2.75, 3.05) is 31.1 Å². The van der Waals surface area contributed by atoms with Crippen molar-refractivity contribution in [1.29, 1.82) is 0 Å². The van der Waals surface area contributed by atoms with Crippen LogP contribution in [0.15, 0.2) is 29.6 Å². The molecule has 0 aliphatic carbocycles. The van der Waals surface area contributed by atoms with Crippen LogP contribution < -0.4 is 16.3 Å². The lowest BCUT2D eigenvalue weighted by molar-refractivity contribution is -0.138. The number of carbonyl (C=O) groups is 1. The Morgan fingerprint density at radius 1 is 1.13 bits per heavy atom. The van der Waals surface area contributed by atoms with Crippen LogP contribution in [0.4, 0.5) is 19.1 Å². The molecule has 0 bridgehead atoms. The molecule has 0 saturated carbocycles. The molecule has 1 aliphatic heterocycles. The highest BCUT2D eigenvalue weighted by atomic mass is 35.5. The van der Waals surface area contributed by atoms with Crippen molar-refractivity contribution in [3.05, 3.63) is 40.8 Å². The maximum atomic E-state index is 12.6. The third-order valence-electron chi connectivity index (χ3n) is 4.59. The fraction of sp³-hybridized carbons (Fsp3) is 0.529. The smallest absolute Gasteiger partial charge is 0.338 e. The van der Waals surface area contributed by atoms with Gasteiger partial charge in [-0.3, -0.25) is 13.9 Å². The van der Waals surface area contributed by atoms with Crippen molar-refractivity contribution in [3.8, 4) is 0 Å². The second kappa shape index (κ2) is 9.47. The van der Waals surface area contributed by atoms with Crippen molar-refractivity contribution >= 4 is 24.3 Å². The molecule has 30 heavy (non-hydrogen) atoms. The zero-order valence-electron chi connectivity index (χ0n) is 16.2. The molecule has 0 spiro atoms. The number of aromatic nitrogens is 4. The fourth-order valence-electron chi connectivity index (χ4n) is 3.06. The van der Waals surface area contributed by atoms with E-state index in [2.05, 4.69) is 9.97 Å². The van der Waals surface area contributed by atoms with Crippen LogP contribution in [0.5, 0.6) is 0 Å². The maximum Gasteiger partial charge on any atom is 0.419 e. The van der Waals surface area contributed by atoms with Gasteiger partial charge < -0.3 is 15.5 Å². The van der Waals surface area contributed by atoms with Crippen molar-refractivity contribution < 1.29 is 18.0 Å². The van der Waals surface area contributed by atoms with Gasteiger partial charge in [0.25, 0.3) is 0 Å². The number of piperazine rings is 1. The Hall–Kier alpha value is -2.60. The first-order chi connectivity index (χ1) is 13.6. The standard InChI is InChI=1S/C17H22F3N7O2.ClH/c1-12(21)10-26-6-7-27(16(26)29)11-14(28)24-2-4-25(5-3-24)15-22-8-13(9-23-15)17(18,19)20;/h6-9,12H,2-5,10-11,21H2,1H3;1H. The van der Waals surface area contributed by atoms with E-state index in [-0.39, 0.29) is 42.5 Å². The molecule has 0 aromatic carbocycles. The van der Waals surface area contributed by atoms with E-state index < -0.39 is 11.7 Å². The summed E-state index contributed by atoms with van der Waals surface area (Å²) in [5.74, 6) is -0.0204. The molecule has 1 fully saturated rings. The predicted molar refractivity (Wildman–Crippen MR) is 105 cm³/mol. The first-order valence-corrected chi connectivity index (χ1v) is 9.08. The number of amides is 1. The van der Waals surface area contributed by atoms with Crippen LogP contribution in [0.25, 0.3) is 0 Å². The lowest BCUT2D eigenvalue weighted by Crippen LogP contribution is -2.50. The first kappa shape index (κ1) is 23.7. The molecular weight excluding hydrogens is 427 g/mol. The summed E-state index contributed by atoms with van der Waals surface area (Å²) in [5.41, 5.74) is 4.49. The fourth-order valence-corrected chi connectivity index (χ4v) is 3.06. The summed E-state index contributed by atoms with van der Waals surface area (Å²) < 4.78 is 40.6. The van der Waals surface area contributed by atoms with Crippen molar-refractivity contribution in [2.45, 2.75) is 32.2 Å². The average Bonchev–Trinajstić information content (AvgIpc) is 3.00. The highest BCUT2D eigenvalue weighted by molar-refractivity contribution is 5.85. The van der Waals surface area contributed by atoms with Gasteiger partial charge in [0.05, 0.1) is 5.56 Å². The van der Waals surface area contributed by atoms with Crippen LogP contribution in [-0.2, 0) is 24.1 Å². The number of nitrogens with two attached hydrogens (primary N) is 1. The highest BCUT2D eigenvalue weighted by Gasteiger charge is 2.32. The lowest BCUT2D eigenvalue weighted by Gasteiger charge is -2.34. The van der Waals surface area contributed by atoms with Crippen LogP contribution in [0.2, 0.25) is 0 Å². The van der Waals surface area contributed by atoms with E-state index in [1.165, 1.54) is 9.13 Å². The van der Waals surface area contributed by atoms with E-state index in [1.807, 2.05) is 0 Å². The van der Waals surface area contributed by atoms with E-state index in [9.17, 15) is 22.8 Å². The second-order valence-electron chi connectivity index (χ2n) is 6.98. The Kier molecular flexibility index (Phi) is 7.48. The van der Waals surface area contributed by atoms with Gasteiger partial charge in [-0.15, -0.1) is 12.4 Å². The molecule has 3 heterocycles. The topological polar surface area (TPSA) is 102 Å². The highest BCUT2D eigenvalue weighted by Crippen LogP contribution is 2.28. The minimum Gasteiger partial charge on any atom is -0.338 e.